The highest BCUT2D eigenvalue weighted by Crippen LogP contribution is 2.28. The Morgan fingerprint density at radius 3 is 3.00 bits per heavy atom. The summed E-state index contributed by atoms with van der Waals surface area (Å²) in [5.74, 6) is 0.564. The minimum absolute atomic E-state index is 0.141. The predicted octanol–water partition coefficient (Wildman–Crippen LogP) is 1.57. The molecule has 1 aliphatic rings. The molecule has 1 aliphatic heterocycles. The number of carbonyl (C=O) groups is 1. The van der Waals surface area contributed by atoms with Crippen molar-refractivity contribution in [3.8, 4) is 5.75 Å². The fourth-order valence-corrected chi connectivity index (χ4v) is 2.05. The third-order valence-electron chi connectivity index (χ3n) is 3.10. The van der Waals surface area contributed by atoms with Crippen molar-refractivity contribution in [1.29, 1.82) is 0 Å². The van der Waals surface area contributed by atoms with Crippen LogP contribution in [0.4, 0.5) is 5.69 Å². The summed E-state index contributed by atoms with van der Waals surface area (Å²) in [4.78, 5) is 16.2. The molecule has 1 aromatic carbocycles. The number of ether oxygens (including phenoxy) is 1. The summed E-state index contributed by atoms with van der Waals surface area (Å²) < 4.78 is 5.69. The maximum atomic E-state index is 12.1. The Morgan fingerprint density at radius 1 is 1.30 bits per heavy atom. The molecular formula is C15H15N3O2. The van der Waals surface area contributed by atoms with E-state index in [1.54, 1.807) is 6.20 Å². The van der Waals surface area contributed by atoms with E-state index in [1.807, 2.05) is 42.5 Å². The fourth-order valence-electron chi connectivity index (χ4n) is 2.05. The number of rotatable bonds is 3. The molecule has 1 aromatic heterocycles. The second-order valence-electron chi connectivity index (χ2n) is 4.52. The summed E-state index contributed by atoms with van der Waals surface area (Å²) in [5.41, 5.74) is 1.74. The van der Waals surface area contributed by atoms with Crippen LogP contribution in [0.3, 0.4) is 0 Å². The molecular weight excluding hydrogens is 254 g/mol. The van der Waals surface area contributed by atoms with Gasteiger partial charge < -0.3 is 15.4 Å². The lowest BCUT2D eigenvalue weighted by molar-refractivity contribution is -0.127. The first-order chi connectivity index (χ1) is 9.83. The summed E-state index contributed by atoms with van der Waals surface area (Å²) in [6.45, 7) is 0.867. The number of hydrogen-bond acceptors (Lipinski definition) is 4. The lowest BCUT2D eigenvalue weighted by Crippen LogP contribution is -2.44. The number of fused-ring (bicyclic) bond motifs is 1. The van der Waals surface area contributed by atoms with Crippen LogP contribution in [-0.2, 0) is 11.3 Å². The van der Waals surface area contributed by atoms with E-state index in [0.29, 0.717) is 18.8 Å². The van der Waals surface area contributed by atoms with E-state index in [2.05, 4.69) is 15.6 Å². The number of amides is 1. The molecule has 2 N–H and O–H groups in total. The Morgan fingerprint density at radius 2 is 2.15 bits per heavy atom. The van der Waals surface area contributed by atoms with Crippen LogP contribution in [-0.4, -0.2) is 23.5 Å². The molecule has 0 bridgehead atoms. The SMILES string of the molecule is O=C(NCc1ccccn1)C1CNc2ccccc2O1. The van der Waals surface area contributed by atoms with Gasteiger partial charge in [0.25, 0.3) is 5.91 Å². The van der Waals surface area contributed by atoms with E-state index in [0.717, 1.165) is 11.4 Å². The molecule has 0 saturated heterocycles. The van der Waals surface area contributed by atoms with Gasteiger partial charge in [0, 0.05) is 6.20 Å². The van der Waals surface area contributed by atoms with Crippen LogP contribution < -0.4 is 15.4 Å². The first-order valence-electron chi connectivity index (χ1n) is 6.50. The lowest BCUT2D eigenvalue weighted by Gasteiger charge is -2.26. The van der Waals surface area contributed by atoms with Crippen molar-refractivity contribution in [2.75, 3.05) is 11.9 Å². The minimum Gasteiger partial charge on any atom is -0.477 e. The first kappa shape index (κ1) is 12.5. The molecule has 5 heteroatoms. The summed E-state index contributed by atoms with van der Waals surface area (Å²) in [5, 5.41) is 6.02. The third-order valence-corrected chi connectivity index (χ3v) is 3.10. The molecule has 1 amide bonds. The van der Waals surface area contributed by atoms with E-state index in [9.17, 15) is 4.79 Å². The van der Waals surface area contributed by atoms with Crippen molar-refractivity contribution in [3.63, 3.8) is 0 Å². The highest BCUT2D eigenvalue weighted by atomic mass is 16.5. The minimum atomic E-state index is -0.520. The van der Waals surface area contributed by atoms with Gasteiger partial charge in [-0.15, -0.1) is 0 Å². The van der Waals surface area contributed by atoms with Gasteiger partial charge in [-0.3, -0.25) is 9.78 Å². The molecule has 0 spiro atoms. The van der Waals surface area contributed by atoms with Crippen molar-refractivity contribution in [3.05, 3.63) is 54.4 Å². The maximum absolute atomic E-state index is 12.1. The number of carbonyl (C=O) groups excluding carboxylic acids is 1. The molecule has 0 aliphatic carbocycles. The molecule has 2 heterocycles. The zero-order valence-corrected chi connectivity index (χ0v) is 10.9. The Hall–Kier alpha value is -2.56. The quantitative estimate of drug-likeness (QED) is 0.888. The smallest absolute Gasteiger partial charge is 0.263 e. The molecule has 1 atom stereocenters. The zero-order chi connectivity index (χ0) is 13.8. The van der Waals surface area contributed by atoms with Gasteiger partial charge in [-0.05, 0) is 24.3 Å². The zero-order valence-electron chi connectivity index (χ0n) is 10.9. The van der Waals surface area contributed by atoms with Crippen LogP contribution in [0.5, 0.6) is 5.75 Å². The van der Waals surface area contributed by atoms with E-state index in [-0.39, 0.29) is 5.91 Å². The van der Waals surface area contributed by atoms with Gasteiger partial charge >= 0.3 is 0 Å². The molecule has 5 nitrogen and oxygen atoms in total. The summed E-state index contributed by atoms with van der Waals surface area (Å²) >= 11 is 0. The van der Waals surface area contributed by atoms with Crippen LogP contribution >= 0.6 is 0 Å². The predicted molar refractivity (Wildman–Crippen MR) is 75.4 cm³/mol. The van der Waals surface area contributed by atoms with Crippen molar-refractivity contribution >= 4 is 11.6 Å². The van der Waals surface area contributed by atoms with E-state index >= 15 is 0 Å². The van der Waals surface area contributed by atoms with E-state index in [4.69, 9.17) is 4.74 Å². The number of benzene rings is 1. The molecule has 0 saturated carbocycles. The second kappa shape index (κ2) is 5.61. The van der Waals surface area contributed by atoms with Gasteiger partial charge in [0.2, 0.25) is 0 Å². The largest absolute Gasteiger partial charge is 0.477 e. The van der Waals surface area contributed by atoms with Crippen LogP contribution in [0.25, 0.3) is 0 Å². The van der Waals surface area contributed by atoms with Crippen molar-refractivity contribution in [1.82, 2.24) is 10.3 Å². The molecule has 2 aromatic rings. The lowest BCUT2D eigenvalue weighted by atomic mass is 10.2. The average molecular weight is 269 g/mol. The third kappa shape index (κ3) is 2.71. The van der Waals surface area contributed by atoms with Gasteiger partial charge in [-0.1, -0.05) is 18.2 Å². The van der Waals surface area contributed by atoms with Gasteiger partial charge in [0.05, 0.1) is 24.5 Å². The topological polar surface area (TPSA) is 63.2 Å². The number of nitrogens with one attached hydrogen (secondary N) is 2. The fraction of sp³-hybridized carbons (Fsp3) is 0.200. The Balaban J connectivity index is 1.59. The number of aromatic nitrogens is 1. The number of hydrogen-bond donors (Lipinski definition) is 2. The van der Waals surface area contributed by atoms with Gasteiger partial charge in [-0.2, -0.15) is 0 Å². The number of para-hydroxylation sites is 2. The highest BCUT2D eigenvalue weighted by Gasteiger charge is 2.25. The first-order valence-corrected chi connectivity index (χ1v) is 6.50. The number of pyridine rings is 1. The van der Waals surface area contributed by atoms with Gasteiger partial charge in [-0.25, -0.2) is 0 Å². The van der Waals surface area contributed by atoms with Gasteiger partial charge in [0.15, 0.2) is 6.10 Å². The summed E-state index contributed by atoms with van der Waals surface area (Å²) in [7, 11) is 0. The Kier molecular flexibility index (Phi) is 3.50. The van der Waals surface area contributed by atoms with Crippen molar-refractivity contribution < 1.29 is 9.53 Å². The normalized spacial score (nSPS) is 16.5. The van der Waals surface area contributed by atoms with E-state index < -0.39 is 6.10 Å². The molecule has 0 fully saturated rings. The summed E-state index contributed by atoms with van der Waals surface area (Å²) in [6, 6.07) is 13.2. The van der Waals surface area contributed by atoms with Crippen LogP contribution in [0.15, 0.2) is 48.7 Å². The monoisotopic (exact) mass is 269 g/mol. The standard InChI is InChI=1S/C15H15N3O2/c19-15(18-9-11-5-3-4-8-16-11)14-10-17-12-6-1-2-7-13(12)20-14/h1-8,14,17H,9-10H2,(H,18,19). The Bertz CT molecular complexity index is 601. The van der Waals surface area contributed by atoms with Crippen LogP contribution in [0, 0.1) is 0 Å². The highest BCUT2D eigenvalue weighted by molar-refractivity contribution is 5.83. The maximum Gasteiger partial charge on any atom is 0.263 e. The van der Waals surface area contributed by atoms with Crippen molar-refractivity contribution in [2.45, 2.75) is 12.6 Å². The Labute approximate surface area is 117 Å². The summed E-state index contributed by atoms with van der Waals surface area (Å²) in [6.07, 6.45) is 1.18. The molecule has 3 rings (SSSR count). The van der Waals surface area contributed by atoms with Crippen LogP contribution in [0.1, 0.15) is 5.69 Å². The molecule has 0 radical (unpaired) electrons. The number of nitrogens with zero attached hydrogens (tertiary/aromatic N) is 1. The second-order valence-corrected chi connectivity index (χ2v) is 4.52. The molecule has 102 valence electrons. The molecule has 1 unspecified atom stereocenters. The average Bonchev–Trinajstić information content (AvgIpc) is 2.53. The molecule has 20 heavy (non-hydrogen) atoms. The number of anilines is 1. The van der Waals surface area contributed by atoms with E-state index in [1.165, 1.54) is 0 Å². The van der Waals surface area contributed by atoms with Gasteiger partial charge in [0.1, 0.15) is 5.75 Å². The van der Waals surface area contributed by atoms with Crippen molar-refractivity contribution in [2.24, 2.45) is 0 Å². The van der Waals surface area contributed by atoms with Crippen LogP contribution in [0.2, 0.25) is 0 Å².